The van der Waals surface area contributed by atoms with Crippen molar-refractivity contribution in [1.29, 1.82) is 5.26 Å². The van der Waals surface area contributed by atoms with E-state index in [1.807, 2.05) is 44.2 Å². The first-order chi connectivity index (χ1) is 15.5. The van der Waals surface area contributed by atoms with Crippen LogP contribution in [0.25, 0.3) is 16.6 Å². The highest BCUT2D eigenvalue weighted by molar-refractivity contribution is 6.46. The fourth-order valence-corrected chi connectivity index (χ4v) is 4.14. The summed E-state index contributed by atoms with van der Waals surface area (Å²) in [4.78, 5) is 32.9. The molecule has 1 fully saturated rings. The van der Waals surface area contributed by atoms with Crippen LogP contribution >= 0.6 is 0 Å². The van der Waals surface area contributed by atoms with Crippen LogP contribution in [0.3, 0.4) is 0 Å². The van der Waals surface area contributed by atoms with Crippen LogP contribution in [0.15, 0.2) is 54.7 Å². The van der Waals surface area contributed by atoms with Crippen LogP contribution in [-0.2, 0) is 4.79 Å². The Kier molecular flexibility index (Phi) is 5.99. The summed E-state index contributed by atoms with van der Waals surface area (Å²) in [5.41, 5.74) is 3.86. The summed E-state index contributed by atoms with van der Waals surface area (Å²) in [6.45, 7) is 1.88. The van der Waals surface area contributed by atoms with Gasteiger partial charge in [0.1, 0.15) is 13.6 Å². The number of allylic oxidation sites excluding steroid dienone is 1. The lowest BCUT2D eigenvalue weighted by molar-refractivity contribution is -0.127. The molecule has 1 N–H and O–H groups in total. The molecule has 7 nitrogen and oxygen atoms in total. The molecule has 32 heavy (non-hydrogen) atoms. The van der Waals surface area contributed by atoms with Crippen LogP contribution in [0, 0.1) is 11.3 Å². The number of hydrogen-bond donors (Lipinski definition) is 1. The number of nitriles is 1. The number of hydrogen-bond acceptors (Lipinski definition) is 5. The van der Waals surface area contributed by atoms with E-state index in [9.17, 15) is 14.9 Å². The first-order valence-corrected chi connectivity index (χ1v) is 10.4. The molecule has 1 amide bonds. The van der Waals surface area contributed by atoms with Gasteiger partial charge in [-0.3, -0.25) is 9.59 Å². The first kappa shape index (κ1) is 21.3. The van der Waals surface area contributed by atoms with Gasteiger partial charge in [-0.15, -0.1) is 0 Å². The molecule has 0 unspecified atom stereocenters. The molecule has 160 valence electrons. The monoisotopic (exact) mass is 426 g/mol. The van der Waals surface area contributed by atoms with E-state index >= 15 is 0 Å². The van der Waals surface area contributed by atoms with E-state index in [1.54, 1.807) is 24.3 Å². The van der Waals surface area contributed by atoms with Crippen molar-refractivity contribution >= 4 is 41.6 Å². The van der Waals surface area contributed by atoms with Crippen LogP contribution in [0.2, 0.25) is 0 Å². The predicted octanol–water partition coefficient (Wildman–Crippen LogP) is 1.33. The van der Waals surface area contributed by atoms with Crippen molar-refractivity contribution in [1.82, 2.24) is 14.8 Å². The zero-order chi connectivity index (χ0) is 22.7. The highest BCUT2D eigenvalue weighted by atomic mass is 16.5. The quantitative estimate of drug-likeness (QED) is 0.288. The second-order valence-corrected chi connectivity index (χ2v) is 7.67. The lowest BCUT2D eigenvalue weighted by atomic mass is 9.92. The molecule has 1 saturated heterocycles. The molecule has 0 atom stereocenters. The van der Waals surface area contributed by atoms with E-state index in [0.717, 1.165) is 22.2 Å². The smallest absolute Gasteiger partial charge is 0.295 e. The normalized spacial score (nSPS) is 14.3. The van der Waals surface area contributed by atoms with Gasteiger partial charge < -0.3 is 19.5 Å². The van der Waals surface area contributed by atoms with E-state index < -0.39 is 11.7 Å². The molecule has 3 aromatic rings. The first-order valence-electron chi connectivity index (χ1n) is 10.4. The van der Waals surface area contributed by atoms with Crippen molar-refractivity contribution in [2.45, 2.75) is 0 Å². The third-order valence-corrected chi connectivity index (χ3v) is 5.84. The number of aromatic amines is 1. The van der Waals surface area contributed by atoms with E-state index in [0.29, 0.717) is 42.9 Å². The maximum atomic E-state index is 13.1. The van der Waals surface area contributed by atoms with Crippen LogP contribution < -0.4 is 10.2 Å². The number of methoxy groups -OCH3 is 1. The Bertz CT molecular complexity index is 1240. The van der Waals surface area contributed by atoms with Gasteiger partial charge in [0, 0.05) is 44.0 Å². The van der Waals surface area contributed by atoms with Crippen molar-refractivity contribution in [3.8, 4) is 11.8 Å². The van der Waals surface area contributed by atoms with Gasteiger partial charge in [0.25, 0.3) is 11.7 Å². The molecular weight excluding hydrogens is 403 g/mol. The number of H-pyrrole nitrogens is 1. The molecule has 0 saturated carbocycles. The number of ether oxygens (including phenoxy) is 1. The molecule has 0 bridgehead atoms. The lowest BCUT2D eigenvalue weighted by Crippen LogP contribution is -2.49. The second-order valence-electron chi connectivity index (χ2n) is 7.67. The minimum Gasteiger partial charge on any atom is -0.496 e. The Morgan fingerprint density at radius 2 is 1.78 bits per heavy atom. The van der Waals surface area contributed by atoms with E-state index in [2.05, 4.69) is 16.0 Å². The molecule has 1 aromatic heterocycles. The van der Waals surface area contributed by atoms with Gasteiger partial charge in [0.2, 0.25) is 0 Å². The average Bonchev–Trinajstić information content (AvgIpc) is 3.29. The fourth-order valence-electron chi connectivity index (χ4n) is 4.14. The van der Waals surface area contributed by atoms with Crippen LogP contribution in [-0.4, -0.2) is 67.6 Å². The SMILES string of the molecule is Bc1ccc(OC)c2c(C(=O)C(=O)N3CCN(/C(=C/C#N)c4ccccc4)CC3)c[nH]c12. The van der Waals surface area contributed by atoms with Crippen molar-refractivity contribution in [2.24, 2.45) is 0 Å². The number of carbonyl (C=O) groups excluding carboxylic acids is 2. The Balaban J connectivity index is 1.51. The summed E-state index contributed by atoms with van der Waals surface area (Å²) in [5.74, 6) is -0.522. The molecule has 1 aliphatic heterocycles. The molecule has 8 heteroatoms. The number of piperazine rings is 1. The van der Waals surface area contributed by atoms with E-state index in [1.165, 1.54) is 6.08 Å². The molecule has 0 radical (unpaired) electrons. The van der Waals surface area contributed by atoms with Crippen LogP contribution in [0.5, 0.6) is 5.75 Å². The van der Waals surface area contributed by atoms with Crippen LogP contribution in [0.1, 0.15) is 15.9 Å². The third-order valence-electron chi connectivity index (χ3n) is 5.84. The number of fused-ring (bicyclic) bond motifs is 1. The standard InChI is InChI=1S/C24H23BN4O3/c1-32-20-8-7-18(25)22-21(20)17(15-27-22)23(30)24(31)29-13-11-28(12-14-29)19(9-10-26)16-5-3-2-4-6-16/h2-9,15,27H,11-14,25H2,1H3/b19-9+. The number of Topliss-reactive ketones (excluding diaryl/α,β-unsaturated/α-hetero) is 1. The number of amides is 1. The van der Waals surface area contributed by atoms with Gasteiger partial charge in [-0.05, 0) is 11.6 Å². The number of rotatable bonds is 5. The zero-order valence-corrected chi connectivity index (χ0v) is 18.1. The van der Waals surface area contributed by atoms with E-state index in [-0.39, 0.29) is 0 Å². The topological polar surface area (TPSA) is 89.4 Å². The molecule has 2 heterocycles. The molecule has 1 aliphatic rings. The zero-order valence-electron chi connectivity index (χ0n) is 18.1. The van der Waals surface area contributed by atoms with E-state index in [4.69, 9.17) is 4.74 Å². The predicted molar refractivity (Wildman–Crippen MR) is 126 cm³/mol. The highest BCUT2D eigenvalue weighted by Crippen LogP contribution is 2.28. The number of carbonyl (C=O) groups is 2. The Morgan fingerprint density at radius 3 is 2.44 bits per heavy atom. The maximum absolute atomic E-state index is 13.1. The van der Waals surface area contributed by atoms with Gasteiger partial charge >= 0.3 is 0 Å². The number of aromatic nitrogens is 1. The highest BCUT2D eigenvalue weighted by Gasteiger charge is 2.30. The number of benzene rings is 2. The number of nitrogens with zero attached hydrogens (tertiary/aromatic N) is 3. The minimum absolute atomic E-state index is 0.322. The Morgan fingerprint density at radius 1 is 1.09 bits per heavy atom. The molecule has 4 rings (SSSR count). The summed E-state index contributed by atoms with van der Waals surface area (Å²) in [6.07, 6.45) is 3.11. The van der Waals surface area contributed by atoms with Gasteiger partial charge in [-0.2, -0.15) is 5.26 Å². The van der Waals surface area contributed by atoms with Crippen molar-refractivity contribution in [3.05, 3.63) is 65.9 Å². The second kappa shape index (κ2) is 9.02. The minimum atomic E-state index is -0.551. The molecule has 2 aromatic carbocycles. The Labute approximate surface area is 187 Å². The van der Waals surface area contributed by atoms with Gasteiger partial charge in [-0.25, -0.2) is 0 Å². The number of ketones is 1. The van der Waals surface area contributed by atoms with Gasteiger partial charge in [0.05, 0.1) is 29.8 Å². The maximum Gasteiger partial charge on any atom is 0.295 e. The summed E-state index contributed by atoms with van der Waals surface area (Å²) in [7, 11) is 3.48. The van der Waals surface area contributed by atoms with Crippen LogP contribution in [0.4, 0.5) is 0 Å². The summed E-state index contributed by atoms with van der Waals surface area (Å²) in [6, 6.07) is 15.5. The summed E-state index contributed by atoms with van der Waals surface area (Å²) < 4.78 is 5.43. The third kappa shape index (κ3) is 3.85. The lowest BCUT2D eigenvalue weighted by Gasteiger charge is -2.37. The Hall–Kier alpha value is -3.99. The van der Waals surface area contributed by atoms with Gasteiger partial charge in [-0.1, -0.05) is 41.9 Å². The number of nitrogens with one attached hydrogen (secondary N) is 1. The van der Waals surface area contributed by atoms with Crippen molar-refractivity contribution in [2.75, 3.05) is 33.3 Å². The molecular formula is C24H23BN4O3. The summed E-state index contributed by atoms with van der Waals surface area (Å²) >= 11 is 0. The molecule has 0 spiro atoms. The fraction of sp³-hybridized carbons (Fsp3) is 0.208. The average molecular weight is 426 g/mol. The largest absolute Gasteiger partial charge is 0.496 e. The van der Waals surface area contributed by atoms with Crippen molar-refractivity contribution < 1.29 is 14.3 Å². The molecule has 0 aliphatic carbocycles. The van der Waals surface area contributed by atoms with Crippen molar-refractivity contribution in [3.63, 3.8) is 0 Å². The van der Waals surface area contributed by atoms with Gasteiger partial charge in [0.15, 0.2) is 0 Å². The summed E-state index contributed by atoms with van der Waals surface area (Å²) in [5, 5.41) is 9.85.